The van der Waals surface area contributed by atoms with Crippen LogP contribution in [-0.4, -0.2) is 78.4 Å². The Balaban J connectivity index is 1.39. The minimum Gasteiger partial charge on any atom is -0.490 e. The average Bonchev–Trinajstić information content (AvgIpc) is 3.10. The van der Waals surface area contributed by atoms with Crippen molar-refractivity contribution in [2.45, 2.75) is 64.8 Å². The Hall–Kier alpha value is -4.44. The molecule has 1 aliphatic heterocycles. The van der Waals surface area contributed by atoms with E-state index in [4.69, 9.17) is 9.47 Å². The van der Waals surface area contributed by atoms with E-state index in [0.717, 1.165) is 36.6 Å². The van der Waals surface area contributed by atoms with Gasteiger partial charge in [-0.3, -0.25) is 9.69 Å². The predicted molar refractivity (Wildman–Crippen MR) is 196 cm³/mol. The number of urea groups is 1. The molecule has 9 nitrogen and oxygen atoms in total. The van der Waals surface area contributed by atoms with Crippen molar-refractivity contribution in [1.29, 1.82) is 0 Å². The fraction of sp³-hybridized carbons (Fsp3) is 0.400. The van der Waals surface area contributed by atoms with Crippen molar-refractivity contribution in [2.24, 2.45) is 5.92 Å². The summed E-state index contributed by atoms with van der Waals surface area (Å²) in [5.41, 5.74) is 2.70. The van der Waals surface area contributed by atoms with Crippen LogP contribution >= 0.6 is 0 Å². The van der Waals surface area contributed by atoms with Crippen molar-refractivity contribution >= 4 is 34.1 Å². The van der Waals surface area contributed by atoms with Crippen LogP contribution in [-0.2, 0) is 11.3 Å². The highest BCUT2D eigenvalue weighted by Gasteiger charge is 2.30. The zero-order chi connectivity index (χ0) is 34.8. The number of carbonyl (C=O) groups is 2. The van der Waals surface area contributed by atoms with E-state index in [2.05, 4.69) is 41.6 Å². The van der Waals surface area contributed by atoms with Crippen molar-refractivity contribution in [3.8, 4) is 5.75 Å². The molecule has 0 aromatic heterocycles. The Labute approximate surface area is 290 Å². The Kier molecular flexibility index (Phi) is 12.6. The molecule has 0 saturated heterocycles. The molecule has 0 spiro atoms. The van der Waals surface area contributed by atoms with Gasteiger partial charge < -0.3 is 30.1 Å². The summed E-state index contributed by atoms with van der Waals surface area (Å²) in [5, 5.41) is 18.1. The molecule has 3 amide bonds. The lowest BCUT2D eigenvalue weighted by molar-refractivity contribution is -0.0177. The molecule has 1 heterocycles. The van der Waals surface area contributed by atoms with E-state index in [1.54, 1.807) is 23.1 Å². The largest absolute Gasteiger partial charge is 0.490 e. The average molecular weight is 667 g/mol. The second-order valence-corrected chi connectivity index (χ2v) is 13.3. The minimum atomic E-state index is -0.456. The van der Waals surface area contributed by atoms with Gasteiger partial charge in [-0.2, -0.15) is 0 Å². The molecule has 4 atom stereocenters. The maximum absolute atomic E-state index is 14.5. The maximum atomic E-state index is 14.5. The third-order valence-electron chi connectivity index (χ3n) is 9.13. The predicted octanol–water partition coefficient (Wildman–Crippen LogP) is 7.41. The number of aliphatic hydroxyl groups is 1. The zero-order valence-electron chi connectivity index (χ0n) is 29.1. The fourth-order valence-electron chi connectivity index (χ4n) is 6.35. The maximum Gasteiger partial charge on any atom is 0.323 e. The van der Waals surface area contributed by atoms with Crippen molar-refractivity contribution in [1.82, 2.24) is 9.80 Å². The summed E-state index contributed by atoms with van der Waals surface area (Å²) in [4.78, 5) is 31.6. The van der Waals surface area contributed by atoms with E-state index >= 15 is 0 Å². The number of hydrogen-bond donors (Lipinski definition) is 3. The van der Waals surface area contributed by atoms with E-state index in [1.807, 2.05) is 74.5 Å². The number of aliphatic hydroxyl groups excluding tert-OH is 1. The number of benzene rings is 4. The van der Waals surface area contributed by atoms with E-state index in [-0.39, 0.29) is 30.6 Å². The molecule has 4 aromatic carbocycles. The lowest BCUT2D eigenvalue weighted by Crippen LogP contribution is -2.47. The minimum absolute atomic E-state index is 0.0322. The molecule has 0 saturated carbocycles. The number of anilines is 2. The van der Waals surface area contributed by atoms with Gasteiger partial charge in [0.2, 0.25) is 0 Å². The SMILES string of the molecule is C[C@@H]1CN([C@@H](C)CO)C(=O)c2cc(NC(=O)Nc3cccc4ccccc34)ccc2O[C@@H](C)CCCCO[C@@H]1CN(C)Cc1ccccc1. The van der Waals surface area contributed by atoms with E-state index in [0.29, 0.717) is 42.4 Å². The lowest BCUT2D eigenvalue weighted by Gasteiger charge is -2.36. The molecule has 0 bridgehead atoms. The molecular formula is C40H50N4O5. The van der Waals surface area contributed by atoms with Crippen LogP contribution in [0.25, 0.3) is 10.8 Å². The van der Waals surface area contributed by atoms with E-state index < -0.39 is 12.1 Å². The molecule has 9 heteroatoms. The summed E-state index contributed by atoms with van der Waals surface area (Å²) < 4.78 is 12.9. The quantitative estimate of drug-likeness (QED) is 0.181. The molecule has 260 valence electrons. The number of rotatable bonds is 8. The van der Waals surface area contributed by atoms with Gasteiger partial charge in [-0.1, -0.05) is 73.7 Å². The molecule has 5 rings (SSSR count). The van der Waals surface area contributed by atoms with Gasteiger partial charge in [-0.05, 0) is 75.4 Å². The van der Waals surface area contributed by atoms with Crippen LogP contribution in [0.5, 0.6) is 5.75 Å². The number of amides is 3. The number of likely N-dealkylation sites (N-methyl/N-ethyl adjacent to an activating group) is 1. The first-order valence-corrected chi connectivity index (χ1v) is 17.3. The molecule has 0 radical (unpaired) electrons. The van der Waals surface area contributed by atoms with Crippen LogP contribution in [0.1, 0.15) is 56.0 Å². The number of carbonyl (C=O) groups excluding carboxylic acids is 2. The molecular weight excluding hydrogens is 616 g/mol. The third kappa shape index (κ3) is 9.81. The number of nitrogens with one attached hydrogen (secondary N) is 2. The smallest absolute Gasteiger partial charge is 0.323 e. The first-order chi connectivity index (χ1) is 23.7. The Bertz CT molecular complexity index is 1680. The molecule has 0 aliphatic carbocycles. The zero-order valence-corrected chi connectivity index (χ0v) is 29.1. The Morgan fingerprint density at radius 3 is 2.53 bits per heavy atom. The third-order valence-corrected chi connectivity index (χ3v) is 9.13. The van der Waals surface area contributed by atoms with Gasteiger partial charge in [0, 0.05) is 43.2 Å². The van der Waals surface area contributed by atoms with Gasteiger partial charge in [0.25, 0.3) is 5.91 Å². The number of nitrogens with zero attached hydrogens (tertiary/aromatic N) is 2. The van der Waals surface area contributed by atoms with Gasteiger partial charge >= 0.3 is 6.03 Å². The fourth-order valence-corrected chi connectivity index (χ4v) is 6.35. The van der Waals surface area contributed by atoms with Crippen LogP contribution in [0.4, 0.5) is 16.2 Å². The summed E-state index contributed by atoms with van der Waals surface area (Å²) in [6, 6.07) is 28.2. The number of fused-ring (bicyclic) bond motifs is 2. The molecule has 0 unspecified atom stereocenters. The number of hydrogen-bond acceptors (Lipinski definition) is 6. The summed E-state index contributed by atoms with van der Waals surface area (Å²) in [6.45, 7) is 8.23. The normalized spacial score (nSPS) is 19.8. The van der Waals surface area contributed by atoms with Gasteiger partial charge in [0.1, 0.15) is 5.75 Å². The van der Waals surface area contributed by atoms with E-state index in [9.17, 15) is 14.7 Å². The van der Waals surface area contributed by atoms with Gasteiger partial charge in [-0.25, -0.2) is 4.79 Å². The van der Waals surface area contributed by atoms with E-state index in [1.165, 1.54) is 5.56 Å². The van der Waals surface area contributed by atoms with Crippen LogP contribution in [0.3, 0.4) is 0 Å². The first kappa shape index (κ1) is 35.9. The summed E-state index contributed by atoms with van der Waals surface area (Å²) in [7, 11) is 2.09. The van der Waals surface area contributed by atoms with Crippen LogP contribution in [0.2, 0.25) is 0 Å². The molecule has 3 N–H and O–H groups in total. The van der Waals surface area contributed by atoms with Crippen LogP contribution in [0.15, 0.2) is 91.0 Å². The topological polar surface area (TPSA) is 103 Å². The standard InChI is InChI=1S/C40H50N4O5/c1-28-24-44(29(2)27-45)39(46)35-23-33(41-40(47)42-36-19-12-17-32-16-8-9-18-34(32)36)20-21-37(35)49-30(3)13-10-11-22-48-38(28)26-43(4)25-31-14-6-5-7-15-31/h5-9,12,14-21,23,28-30,38,45H,10-11,13,22,24-27H2,1-4H3,(H2,41,42,47)/t28-,29+,30+,38-/m1/s1. The summed E-state index contributed by atoms with van der Waals surface area (Å²) in [5.74, 6) is 0.144. The highest BCUT2D eigenvalue weighted by atomic mass is 16.5. The van der Waals surface area contributed by atoms with Gasteiger partial charge in [-0.15, -0.1) is 0 Å². The first-order valence-electron chi connectivity index (χ1n) is 17.3. The highest BCUT2D eigenvalue weighted by Crippen LogP contribution is 2.29. The molecule has 0 fully saturated rings. The lowest BCUT2D eigenvalue weighted by atomic mass is 10.0. The van der Waals surface area contributed by atoms with Crippen molar-refractivity contribution in [2.75, 3.05) is 44.0 Å². The van der Waals surface area contributed by atoms with Crippen LogP contribution < -0.4 is 15.4 Å². The molecule has 49 heavy (non-hydrogen) atoms. The summed E-state index contributed by atoms with van der Waals surface area (Å²) >= 11 is 0. The van der Waals surface area contributed by atoms with Crippen molar-refractivity contribution in [3.63, 3.8) is 0 Å². The highest BCUT2D eigenvalue weighted by molar-refractivity contribution is 6.07. The van der Waals surface area contributed by atoms with Crippen molar-refractivity contribution in [3.05, 3.63) is 102 Å². The molecule has 4 aromatic rings. The van der Waals surface area contributed by atoms with Crippen LogP contribution in [0, 0.1) is 5.92 Å². The summed E-state index contributed by atoms with van der Waals surface area (Å²) in [6.07, 6.45) is 2.36. The van der Waals surface area contributed by atoms with Gasteiger partial charge in [0.15, 0.2) is 0 Å². The Morgan fingerprint density at radius 1 is 0.980 bits per heavy atom. The van der Waals surface area contributed by atoms with Gasteiger partial charge in [0.05, 0.1) is 36.1 Å². The second kappa shape index (κ2) is 17.3. The monoisotopic (exact) mass is 666 g/mol. The molecule has 1 aliphatic rings. The Morgan fingerprint density at radius 2 is 1.73 bits per heavy atom. The second-order valence-electron chi connectivity index (χ2n) is 13.3. The van der Waals surface area contributed by atoms with Crippen molar-refractivity contribution < 1.29 is 24.2 Å². The number of ether oxygens (including phenoxy) is 2.